The van der Waals surface area contributed by atoms with E-state index in [1.54, 1.807) is 17.0 Å². The highest BCUT2D eigenvalue weighted by Gasteiger charge is 2.19. The van der Waals surface area contributed by atoms with Crippen LogP contribution in [0, 0.1) is 5.82 Å². The van der Waals surface area contributed by atoms with E-state index in [2.05, 4.69) is 17.1 Å². The Morgan fingerprint density at radius 3 is 2.67 bits per heavy atom. The first-order chi connectivity index (χ1) is 8.69. The Balaban J connectivity index is 1.89. The number of anilines is 1. The van der Waals surface area contributed by atoms with Crippen molar-refractivity contribution in [2.45, 2.75) is 6.92 Å². The molecule has 1 aromatic rings. The van der Waals surface area contributed by atoms with Crippen molar-refractivity contribution >= 4 is 11.7 Å². The van der Waals surface area contributed by atoms with Gasteiger partial charge in [0.15, 0.2) is 0 Å². The number of piperazine rings is 1. The third-order valence-electron chi connectivity index (χ3n) is 3.18. The lowest BCUT2D eigenvalue weighted by atomic mass is 10.3. The third-order valence-corrected chi connectivity index (χ3v) is 3.18. The Bertz CT molecular complexity index is 416. The molecule has 1 N–H and O–H groups in total. The van der Waals surface area contributed by atoms with E-state index in [4.69, 9.17) is 0 Å². The number of nitrogens with zero attached hydrogens (tertiary/aromatic N) is 2. The van der Waals surface area contributed by atoms with Gasteiger partial charge in [0.2, 0.25) is 0 Å². The van der Waals surface area contributed by atoms with Crippen LogP contribution in [0.4, 0.5) is 14.9 Å². The number of carbonyl (C=O) groups excluding carboxylic acids is 1. The maximum absolute atomic E-state index is 13.0. The molecule has 4 nitrogen and oxygen atoms in total. The summed E-state index contributed by atoms with van der Waals surface area (Å²) >= 11 is 0. The monoisotopic (exact) mass is 251 g/mol. The van der Waals surface area contributed by atoms with Crippen LogP contribution < -0.4 is 5.32 Å². The molecule has 2 rings (SSSR count). The maximum atomic E-state index is 13.0. The lowest BCUT2D eigenvalue weighted by Gasteiger charge is -2.33. The van der Waals surface area contributed by atoms with Crippen LogP contribution in [-0.2, 0) is 0 Å². The van der Waals surface area contributed by atoms with Gasteiger partial charge in [-0.15, -0.1) is 0 Å². The number of halogens is 1. The minimum Gasteiger partial charge on any atom is -0.322 e. The van der Waals surface area contributed by atoms with Crippen molar-refractivity contribution in [3.63, 3.8) is 0 Å². The molecule has 5 heteroatoms. The first-order valence-electron chi connectivity index (χ1n) is 6.23. The molecular weight excluding hydrogens is 233 g/mol. The molecule has 0 spiro atoms. The average molecular weight is 251 g/mol. The van der Waals surface area contributed by atoms with Gasteiger partial charge in [-0.2, -0.15) is 0 Å². The molecule has 1 aromatic carbocycles. The van der Waals surface area contributed by atoms with Crippen molar-refractivity contribution in [3.8, 4) is 0 Å². The molecule has 1 aliphatic rings. The van der Waals surface area contributed by atoms with Gasteiger partial charge in [-0.05, 0) is 24.7 Å². The summed E-state index contributed by atoms with van der Waals surface area (Å²) in [6.45, 7) is 6.35. The summed E-state index contributed by atoms with van der Waals surface area (Å²) in [7, 11) is 0. The second-order valence-electron chi connectivity index (χ2n) is 4.36. The molecule has 1 fully saturated rings. The van der Waals surface area contributed by atoms with Crippen molar-refractivity contribution in [1.29, 1.82) is 0 Å². The Hall–Kier alpha value is -1.62. The van der Waals surface area contributed by atoms with Crippen LogP contribution in [0.3, 0.4) is 0 Å². The number of rotatable bonds is 2. The molecule has 1 aliphatic heterocycles. The molecule has 98 valence electrons. The molecule has 0 saturated carbocycles. The van der Waals surface area contributed by atoms with Gasteiger partial charge in [0, 0.05) is 31.9 Å². The SMILES string of the molecule is CCN1CCN(C(=O)Nc2cccc(F)c2)CC1. The highest BCUT2D eigenvalue weighted by molar-refractivity contribution is 5.89. The van der Waals surface area contributed by atoms with Gasteiger partial charge < -0.3 is 15.1 Å². The lowest BCUT2D eigenvalue weighted by Crippen LogP contribution is -2.49. The van der Waals surface area contributed by atoms with Crippen LogP contribution in [0.2, 0.25) is 0 Å². The van der Waals surface area contributed by atoms with Crippen LogP contribution in [0.1, 0.15) is 6.92 Å². The van der Waals surface area contributed by atoms with E-state index in [9.17, 15) is 9.18 Å². The fourth-order valence-corrected chi connectivity index (χ4v) is 2.04. The van der Waals surface area contributed by atoms with Gasteiger partial charge in [-0.25, -0.2) is 9.18 Å². The molecule has 1 saturated heterocycles. The predicted octanol–water partition coefficient (Wildman–Crippen LogP) is 2.00. The fourth-order valence-electron chi connectivity index (χ4n) is 2.04. The number of hydrogen-bond donors (Lipinski definition) is 1. The zero-order chi connectivity index (χ0) is 13.0. The summed E-state index contributed by atoms with van der Waals surface area (Å²) in [6, 6.07) is 5.79. The maximum Gasteiger partial charge on any atom is 0.321 e. The van der Waals surface area contributed by atoms with Crippen molar-refractivity contribution in [3.05, 3.63) is 30.1 Å². The highest BCUT2D eigenvalue weighted by Crippen LogP contribution is 2.11. The van der Waals surface area contributed by atoms with Gasteiger partial charge in [0.05, 0.1) is 0 Å². The lowest BCUT2D eigenvalue weighted by molar-refractivity contribution is 0.151. The van der Waals surface area contributed by atoms with Crippen molar-refractivity contribution in [2.75, 3.05) is 38.0 Å². The molecule has 0 unspecified atom stereocenters. The molecule has 0 aromatic heterocycles. The van der Waals surface area contributed by atoms with E-state index in [0.29, 0.717) is 5.69 Å². The number of amides is 2. The minimum absolute atomic E-state index is 0.156. The standard InChI is InChI=1S/C13H18FN3O/c1-2-16-6-8-17(9-7-16)13(18)15-12-5-3-4-11(14)10-12/h3-5,10H,2,6-9H2,1H3,(H,15,18). The molecule has 2 amide bonds. The average Bonchev–Trinajstić information content (AvgIpc) is 2.39. The molecular formula is C13H18FN3O. The topological polar surface area (TPSA) is 35.6 Å². The second kappa shape index (κ2) is 5.82. The molecule has 0 bridgehead atoms. The molecule has 0 aliphatic carbocycles. The van der Waals surface area contributed by atoms with E-state index < -0.39 is 0 Å². The van der Waals surface area contributed by atoms with Crippen LogP contribution in [0.25, 0.3) is 0 Å². The van der Waals surface area contributed by atoms with Gasteiger partial charge in [-0.1, -0.05) is 13.0 Å². The first kappa shape index (κ1) is 12.8. The van der Waals surface area contributed by atoms with Crippen LogP contribution in [0.5, 0.6) is 0 Å². The number of urea groups is 1. The summed E-state index contributed by atoms with van der Waals surface area (Å²) in [5.41, 5.74) is 0.498. The van der Waals surface area contributed by atoms with Crippen LogP contribution in [0.15, 0.2) is 24.3 Å². The molecule has 0 radical (unpaired) electrons. The van der Waals surface area contributed by atoms with Gasteiger partial charge in [0.1, 0.15) is 5.82 Å². The Labute approximate surface area is 106 Å². The largest absolute Gasteiger partial charge is 0.322 e. The quantitative estimate of drug-likeness (QED) is 0.872. The van der Waals surface area contributed by atoms with Crippen molar-refractivity contribution in [1.82, 2.24) is 9.80 Å². The summed E-state index contributed by atoms with van der Waals surface area (Å²) in [4.78, 5) is 16.0. The zero-order valence-corrected chi connectivity index (χ0v) is 10.5. The zero-order valence-electron chi connectivity index (χ0n) is 10.5. The number of carbonyl (C=O) groups is 1. The summed E-state index contributed by atoms with van der Waals surface area (Å²) in [5, 5.41) is 2.71. The molecule has 0 atom stereocenters. The van der Waals surface area contributed by atoms with Gasteiger partial charge in [-0.3, -0.25) is 0 Å². The Kier molecular flexibility index (Phi) is 4.15. The van der Waals surface area contributed by atoms with E-state index in [1.165, 1.54) is 12.1 Å². The predicted molar refractivity (Wildman–Crippen MR) is 69.1 cm³/mol. The van der Waals surface area contributed by atoms with Crippen molar-refractivity contribution < 1.29 is 9.18 Å². The second-order valence-corrected chi connectivity index (χ2v) is 4.36. The number of likely N-dealkylation sites (N-methyl/N-ethyl adjacent to an activating group) is 1. The Morgan fingerprint density at radius 1 is 1.33 bits per heavy atom. The summed E-state index contributed by atoms with van der Waals surface area (Å²) < 4.78 is 13.0. The number of hydrogen-bond acceptors (Lipinski definition) is 2. The normalized spacial score (nSPS) is 16.7. The highest BCUT2D eigenvalue weighted by atomic mass is 19.1. The van der Waals surface area contributed by atoms with Crippen molar-refractivity contribution in [2.24, 2.45) is 0 Å². The number of benzene rings is 1. The van der Waals surface area contributed by atoms with Gasteiger partial charge >= 0.3 is 6.03 Å². The van der Waals surface area contributed by atoms with Crippen LogP contribution >= 0.6 is 0 Å². The van der Waals surface area contributed by atoms with Crippen LogP contribution in [-0.4, -0.2) is 48.6 Å². The fraction of sp³-hybridized carbons (Fsp3) is 0.462. The van der Waals surface area contributed by atoms with E-state index >= 15 is 0 Å². The summed E-state index contributed by atoms with van der Waals surface area (Å²) in [5.74, 6) is -0.344. The molecule has 1 heterocycles. The molecule has 18 heavy (non-hydrogen) atoms. The number of nitrogens with one attached hydrogen (secondary N) is 1. The van der Waals surface area contributed by atoms with Gasteiger partial charge in [0.25, 0.3) is 0 Å². The van der Waals surface area contributed by atoms with E-state index in [1.807, 2.05) is 0 Å². The third kappa shape index (κ3) is 3.20. The Morgan fingerprint density at radius 2 is 2.06 bits per heavy atom. The van der Waals surface area contributed by atoms with E-state index in [-0.39, 0.29) is 11.8 Å². The summed E-state index contributed by atoms with van der Waals surface area (Å²) in [6.07, 6.45) is 0. The first-order valence-corrected chi connectivity index (χ1v) is 6.23. The van der Waals surface area contributed by atoms with E-state index in [0.717, 1.165) is 32.7 Å². The smallest absolute Gasteiger partial charge is 0.321 e. The minimum atomic E-state index is -0.344.